The molecule has 1 aromatic rings. The van der Waals surface area contributed by atoms with E-state index in [1.165, 1.54) is 4.90 Å². The lowest BCUT2D eigenvalue weighted by Crippen LogP contribution is -2.50. The molecule has 1 fully saturated rings. The number of amides is 1. The van der Waals surface area contributed by atoms with E-state index in [1.54, 1.807) is 11.8 Å². The topological polar surface area (TPSA) is 55.1 Å². The Morgan fingerprint density at radius 3 is 2.47 bits per heavy atom. The summed E-state index contributed by atoms with van der Waals surface area (Å²) >= 11 is 1.68. The van der Waals surface area contributed by atoms with E-state index in [2.05, 4.69) is 5.32 Å². The van der Waals surface area contributed by atoms with Gasteiger partial charge in [0.15, 0.2) is 0 Å². The minimum absolute atomic E-state index is 0.0862. The molecule has 1 aliphatic rings. The van der Waals surface area contributed by atoms with Crippen LogP contribution in [0.2, 0.25) is 0 Å². The normalized spacial score (nSPS) is 18.5. The Bertz CT molecular complexity index is 410. The van der Waals surface area contributed by atoms with Crippen LogP contribution in [0.3, 0.4) is 0 Å². The van der Waals surface area contributed by atoms with Gasteiger partial charge >= 0.3 is 0 Å². The fraction of sp³-hybridized carbons (Fsp3) is 0.462. The first-order valence-corrected chi connectivity index (χ1v) is 7.01. The number of nitrogens with one attached hydrogen (secondary N) is 1. The van der Waals surface area contributed by atoms with Crippen LogP contribution in [-0.2, 0) is 4.79 Å². The highest BCUT2D eigenvalue weighted by atomic mass is 32.2. The van der Waals surface area contributed by atoms with Gasteiger partial charge in [0.1, 0.15) is 0 Å². The quantitative estimate of drug-likeness (QED) is 0.807. The number of nitrogens with two attached hydrogens (primary N) is 1. The van der Waals surface area contributed by atoms with Gasteiger partial charge in [0, 0.05) is 10.6 Å². The molecule has 92 valence electrons. The third-order valence-electron chi connectivity index (χ3n) is 3.26. The fourth-order valence-electron chi connectivity index (χ4n) is 1.81. The largest absolute Gasteiger partial charge is 0.324 e. The molecule has 0 bridgehead atoms. The second-order valence-corrected chi connectivity index (χ2v) is 5.62. The molecule has 3 nitrogen and oxygen atoms in total. The van der Waals surface area contributed by atoms with Crippen molar-refractivity contribution in [2.45, 2.75) is 30.2 Å². The Kier molecular flexibility index (Phi) is 3.45. The predicted molar refractivity (Wildman–Crippen MR) is 72.2 cm³/mol. The lowest BCUT2D eigenvalue weighted by atomic mass is 9.96. The Labute approximate surface area is 106 Å². The zero-order chi connectivity index (χ0) is 12.5. The van der Waals surface area contributed by atoms with E-state index >= 15 is 0 Å². The zero-order valence-electron chi connectivity index (χ0n) is 10.2. The summed E-state index contributed by atoms with van der Waals surface area (Å²) < 4.78 is 0. The van der Waals surface area contributed by atoms with Crippen LogP contribution in [0.1, 0.15) is 19.8 Å². The molecule has 1 aromatic carbocycles. The summed E-state index contributed by atoms with van der Waals surface area (Å²) in [5.74, 6) is 0.255. The van der Waals surface area contributed by atoms with Crippen LogP contribution in [0.15, 0.2) is 29.2 Å². The van der Waals surface area contributed by atoms with Crippen molar-refractivity contribution in [3.8, 4) is 0 Å². The Hall–Kier alpha value is -1.00. The van der Waals surface area contributed by atoms with Crippen LogP contribution >= 0.6 is 11.8 Å². The van der Waals surface area contributed by atoms with Gasteiger partial charge in [-0.1, -0.05) is 0 Å². The highest BCUT2D eigenvalue weighted by Gasteiger charge is 2.44. The third kappa shape index (κ3) is 2.82. The van der Waals surface area contributed by atoms with Crippen molar-refractivity contribution < 1.29 is 4.79 Å². The maximum atomic E-state index is 12.0. The molecule has 4 heteroatoms. The van der Waals surface area contributed by atoms with Gasteiger partial charge in [0.25, 0.3) is 0 Å². The molecule has 1 aliphatic carbocycles. The van der Waals surface area contributed by atoms with Crippen molar-refractivity contribution in [2.75, 3.05) is 11.6 Å². The van der Waals surface area contributed by atoms with Gasteiger partial charge in [-0.15, -0.1) is 11.8 Å². The summed E-state index contributed by atoms with van der Waals surface area (Å²) in [5.41, 5.74) is 6.13. The van der Waals surface area contributed by atoms with Crippen molar-refractivity contribution >= 4 is 23.4 Å². The Balaban J connectivity index is 2.02. The number of hydrogen-bond acceptors (Lipinski definition) is 3. The molecular formula is C13H18N2OS. The van der Waals surface area contributed by atoms with E-state index < -0.39 is 5.54 Å². The number of benzene rings is 1. The minimum atomic E-state index is -0.738. The van der Waals surface area contributed by atoms with Crippen molar-refractivity contribution in [2.24, 2.45) is 11.7 Å². The fourth-order valence-corrected chi connectivity index (χ4v) is 2.22. The van der Waals surface area contributed by atoms with Crippen molar-refractivity contribution in [3.05, 3.63) is 24.3 Å². The van der Waals surface area contributed by atoms with E-state index in [-0.39, 0.29) is 5.91 Å². The van der Waals surface area contributed by atoms with Gasteiger partial charge in [-0.2, -0.15) is 0 Å². The molecule has 0 saturated heterocycles. The van der Waals surface area contributed by atoms with Gasteiger partial charge in [-0.3, -0.25) is 4.79 Å². The molecule has 0 heterocycles. The molecule has 1 amide bonds. The van der Waals surface area contributed by atoms with Crippen LogP contribution in [0.25, 0.3) is 0 Å². The molecule has 0 radical (unpaired) electrons. The molecule has 1 atom stereocenters. The summed E-state index contributed by atoms with van der Waals surface area (Å²) in [6.07, 6.45) is 4.15. The number of carbonyl (C=O) groups excluding carboxylic acids is 1. The molecule has 0 aromatic heterocycles. The number of hydrogen-bond donors (Lipinski definition) is 2. The predicted octanol–water partition coefficient (Wildman–Crippen LogP) is 2.47. The standard InChI is InChI=1S/C13H18N2OS/c1-13(14,9-3-4-9)12(16)15-10-5-7-11(17-2)8-6-10/h5-9H,3-4,14H2,1-2H3,(H,15,16). The Morgan fingerprint density at radius 2 is 2.00 bits per heavy atom. The number of rotatable bonds is 4. The number of thioether (sulfide) groups is 1. The summed E-state index contributed by atoms with van der Waals surface area (Å²) in [6.45, 7) is 1.82. The first kappa shape index (κ1) is 12.5. The summed E-state index contributed by atoms with van der Waals surface area (Å²) in [7, 11) is 0. The van der Waals surface area contributed by atoms with Crippen molar-refractivity contribution in [3.63, 3.8) is 0 Å². The molecular weight excluding hydrogens is 232 g/mol. The second kappa shape index (κ2) is 4.70. The Morgan fingerprint density at radius 1 is 1.41 bits per heavy atom. The maximum absolute atomic E-state index is 12.0. The lowest BCUT2D eigenvalue weighted by molar-refractivity contribution is -0.121. The molecule has 1 unspecified atom stereocenters. The van der Waals surface area contributed by atoms with Gasteiger partial charge in [-0.25, -0.2) is 0 Å². The van der Waals surface area contributed by atoms with E-state index in [0.29, 0.717) is 5.92 Å². The van der Waals surface area contributed by atoms with Gasteiger partial charge in [0.2, 0.25) is 5.91 Å². The van der Waals surface area contributed by atoms with E-state index in [9.17, 15) is 4.79 Å². The molecule has 0 spiro atoms. The SMILES string of the molecule is CSc1ccc(NC(=O)C(C)(N)C2CC2)cc1. The van der Waals surface area contributed by atoms with Gasteiger partial charge < -0.3 is 11.1 Å². The number of carbonyl (C=O) groups is 1. The van der Waals surface area contributed by atoms with Crippen LogP contribution < -0.4 is 11.1 Å². The average Bonchev–Trinajstić information content (AvgIpc) is 3.14. The first-order valence-electron chi connectivity index (χ1n) is 5.78. The van der Waals surface area contributed by atoms with Gasteiger partial charge in [0.05, 0.1) is 5.54 Å². The number of anilines is 1. The maximum Gasteiger partial charge on any atom is 0.244 e. The second-order valence-electron chi connectivity index (χ2n) is 4.74. The molecule has 17 heavy (non-hydrogen) atoms. The molecule has 3 N–H and O–H groups in total. The molecule has 0 aliphatic heterocycles. The monoisotopic (exact) mass is 250 g/mol. The van der Waals surface area contributed by atoms with E-state index in [4.69, 9.17) is 5.73 Å². The van der Waals surface area contributed by atoms with Gasteiger partial charge in [-0.05, 0) is 56.2 Å². The average molecular weight is 250 g/mol. The van der Waals surface area contributed by atoms with Crippen LogP contribution in [0.5, 0.6) is 0 Å². The van der Waals surface area contributed by atoms with Crippen molar-refractivity contribution in [1.29, 1.82) is 0 Å². The van der Waals surface area contributed by atoms with Crippen LogP contribution in [-0.4, -0.2) is 17.7 Å². The van der Waals surface area contributed by atoms with E-state index in [1.807, 2.05) is 37.4 Å². The summed E-state index contributed by atoms with van der Waals surface area (Å²) in [4.78, 5) is 13.2. The minimum Gasteiger partial charge on any atom is -0.324 e. The van der Waals surface area contributed by atoms with Crippen LogP contribution in [0.4, 0.5) is 5.69 Å². The molecule has 2 rings (SSSR count). The highest BCUT2D eigenvalue weighted by molar-refractivity contribution is 7.98. The lowest BCUT2D eigenvalue weighted by Gasteiger charge is -2.23. The third-order valence-corrected chi connectivity index (χ3v) is 4.01. The van der Waals surface area contributed by atoms with E-state index in [0.717, 1.165) is 18.5 Å². The summed E-state index contributed by atoms with van der Waals surface area (Å²) in [6, 6.07) is 7.80. The van der Waals surface area contributed by atoms with Crippen LogP contribution in [0, 0.1) is 5.92 Å². The first-order chi connectivity index (χ1) is 8.04. The highest BCUT2D eigenvalue weighted by Crippen LogP contribution is 2.38. The molecule has 1 saturated carbocycles. The summed E-state index contributed by atoms with van der Waals surface area (Å²) in [5, 5.41) is 2.88. The van der Waals surface area contributed by atoms with Crippen molar-refractivity contribution in [1.82, 2.24) is 0 Å². The smallest absolute Gasteiger partial charge is 0.244 e. The zero-order valence-corrected chi connectivity index (χ0v) is 11.0.